The number of amides is 1. The van der Waals surface area contributed by atoms with Gasteiger partial charge in [0.1, 0.15) is 0 Å². The number of nitrogens with zero attached hydrogens (tertiary/aromatic N) is 1. The van der Waals surface area contributed by atoms with E-state index in [0.29, 0.717) is 18.7 Å². The lowest BCUT2D eigenvalue weighted by Crippen LogP contribution is -2.26. The van der Waals surface area contributed by atoms with Gasteiger partial charge in [-0.2, -0.15) is 0 Å². The number of hydrogen-bond donors (Lipinski definition) is 1. The molecular formula is C18H20N2O3S. The molecule has 24 heavy (non-hydrogen) atoms. The molecule has 0 atom stereocenters. The first-order valence-electron chi connectivity index (χ1n) is 7.90. The minimum Gasteiger partial charge on any atom is -0.312 e. The maximum atomic E-state index is 12.3. The predicted octanol–water partition coefficient (Wildman–Crippen LogP) is 2.58. The average molecular weight is 344 g/mol. The van der Waals surface area contributed by atoms with Crippen LogP contribution in [0.4, 0.5) is 11.4 Å². The molecule has 2 aromatic rings. The first kappa shape index (κ1) is 16.5. The minimum atomic E-state index is -3.44. The largest absolute Gasteiger partial charge is 0.312 e. The molecular weight excluding hydrogens is 324 g/mol. The van der Waals surface area contributed by atoms with Gasteiger partial charge in [-0.3, -0.25) is 9.52 Å². The van der Waals surface area contributed by atoms with Crippen molar-refractivity contribution in [3.8, 4) is 0 Å². The zero-order valence-electron chi connectivity index (χ0n) is 13.5. The number of carbonyl (C=O) groups is 1. The Morgan fingerprint density at radius 3 is 2.62 bits per heavy atom. The van der Waals surface area contributed by atoms with E-state index in [-0.39, 0.29) is 11.7 Å². The number of nitrogens with one attached hydrogen (secondary N) is 1. The number of benzene rings is 2. The topological polar surface area (TPSA) is 66.5 Å². The smallest absolute Gasteiger partial charge is 0.233 e. The van der Waals surface area contributed by atoms with Crippen LogP contribution in [-0.4, -0.2) is 26.6 Å². The number of fused-ring (bicyclic) bond motifs is 1. The Balaban J connectivity index is 1.71. The van der Waals surface area contributed by atoms with Crippen LogP contribution in [0, 0.1) is 0 Å². The number of carbonyl (C=O) groups excluding carboxylic acids is 1. The summed E-state index contributed by atoms with van der Waals surface area (Å²) in [4.78, 5) is 13.3. The summed E-state index contributed by atoms with van der Waals surface area (Å²) in [5, 5.41) is 0. The fraction of sp³-hybridized carbons (Fsp3) is 0.278. The van der Waals surface area contributed by atoms with E-state index in [4.69, 9.17) is 0 Å². The van der Waals surface area contributed by atoms with Gasteiger partial charge in [-0.05, 0) is 36.1 Å². The molecule has 2 aromatic carbocycles. The van der Waals surface area contributed by atoms with Crippen LogP contribution in [0.1, 0.15) is 18.1 Å². The first-order valence-corrected chi connectivity index (χ1v) is 9.55. The monoisotopic (exact) mass is 344 g/mol. The molecule has 0 unspecified atom stereocenters. The van der Waals surface area contributed by atoms with E-state index < -0.39 is 10.0 Å². The van der Waals surface area contributed by atoms with Crippen molar-refractivity contribution < 1.29 is 13.2 Å². The van der Waals surface area contributed by atoms with Crippen LogP contribution >= 0.6 is 0 Å². The highest BCUT2D eigenvalue weighted by atomic mass is 32.2. The number of aryl methyl sites for hydroxylation is 1. The summed E-state index contributed by atoms with van der Waals surface area (Å²) in [6.45, 7) is 2.17. The lowest BCUT2D eigenvalue weighted by molar-refractivity contribution is -0.116. The number of anilines is 2. The highest BCUT2D eigenvalue weighted by molar-refractivity contribution is 7.92. The van der Waals surface area contributed by atoms with E-state index >= 15 is 0 Å². The molecule has 1 N–H and O–H groups in total. The highest BCUT2D eigenvalue weighted by Gasteiger charge is 2.23. The Morgan fingerprint density at radius 2 is 1.92 bits per heavy atom. The summed E-state index contributed by atoms with van der Waals surface area (Å²) in [5.74, 6) is -0.0114. The van der Waals surface area contributed by atoms with E-state index in [2.05, 4.69) is 4.72 Å². The Hall–Kier alpha value is -2.34. The molecule has 0 fully saturated rings. The van der Waals surface area contributed by atoms with Gasteiger partial charge in [-0.25, -0.2) is 8.42 Å². The molecule has 3 rings (SSSR count). The molecule has 0 aliphatic carbocycles. The van der Waals surface area contributed by atoms with Crippen LogP contribution in [0.5, 0.6) is 0 Å². The lowest BCUT2D eigenvalue weighted by Gasteiger charge is -2.16. The number of sulfonamides is 1. The molecule has 0 bridgehead atoms. The van der Waals surface area contributed by atoms with Gasteiger partial charge in [0.15, 0.2) is 0 Å². The molecule has 0 aromatic heterocycles. The Labute approximate surface area is 142 Å². The fourth-order valence-electron chi connectivity index (χ4n) is 2.90. The van der Waals surface area contributed by atoms with Crippen molar-refractivity contribution in [3.05, 3.63) is 59.7 Å². The van der Waals surface area contributed by atoms with E-state index in [9.17, 15) is 13.2 Å². The summed E-state index contributed by atoms with van der Waals surface area (Å²) in [6.07, 6.45) is 1.26. The van der Waals surface area contributed by atoms with Gasteiger partial charge in [0.2, 0.25) is 15.9 Å². The maximum absolute atomic E-state index is 12.3. The van der Waals surface area contributed by atoms with E-state index in [0.717, 1.165) is 23.2 Å². The van der Waals surface area contributed by atoms with Gasteiger partial charge in [0.25, 0.3) is 0 Å². The Kier molecular flexibility index (Phi) is 4.57. The normalized spacial score (nSPS) is 13.6. The SMILES string of the molecule is CC(=O)N1CCc2ccc(NS(=O)(=O)CCc3ccccc3)cc21. The fourth-order valence-corrected chi connectivity index (χ4v) is 3.99. The summed E-state index contributed by atoms with van der Waals surface area (Å²) >= 11 is 0. The van der Waals surface area contributed by atoms with Gasteiger partial charge in [0.05, 0.1) is 11.4 Å². The highest BCUT2D eigenvalue weighted by Crippen LogP contribution is 2.31. The van der Waals surface area contributed by atoms with Crippen molar-refractivity contribution in [2.45, 2.75) is 19.8 Å². The van der Waals surface area contributed by atoms with E-state index in [1.807, 2.05) is 36.4 Å². The zero-order chi connectivity index (χ0) is 17.2. The third-order valence-electron chi connectivity index (χ3n) is 4.14. The van der Waals surface area contributed by atoms with Crippen molar-refractivity contribution in [3.63, 3.8) is 0 Å². The molecule has 0 spiro atoms. The molecule has 5 nitrogen and oxygen atoms in total. The second-order valence-electron chi connectivity index (χ2n) is 5.92. The molecule has 0 saturated carbocycles. The average Bonchev–Trinajstić information content (AvgIpc) is 2.97. The molecule has 0 radical (unpaired) electrons. The van der Waals surface area contributed by atoms with Crippen molar-refractivity contribution in [2.24, 2.45) is 0 Å². The molecule has 1 heterocycles. The van der Waals surface area contributed by atoms with E-state index in [1.54, 1.807) is 17.0 Å². The molecule has 1 amide bonds. The number of rotatable bonds is 5. The second kappa shape index (κ2) is 6.65. The van der Waals surface area contributed by atoms with Gasteiger partial charge in [-0.1, -0.05) is 36.4 Å². The Bertz CT molecular complexity index is 848. The lowest BCUT2D eigenvalue weighted by atomic mass is 10.1. The van der Waals surface area contributed by atoms with E-state index in [1.165, 1.54) is 6.92 Å². The van der Waals surface area contributed by atoms with Crippen molar-refractivity contribution in [1.29, 1.82) is 0 Å². The van der Waals surface area contributed by atoms with Gasteiger partial charge >= 0.3 is 0 Å². The van der Waals surface area contributed by atoms with Crippen LogP contribution in [0.15, 0.2) is 48.5 Å². The van der Waals surface area contributed by atoms with Crippen LogP contribution in [0.25, 0.3) is 0 Å². The summed E-state index contributed by atoms with van der Waals surface area (Å²) in [5.41, 5.74) is 3.35. The van der Waals surface area contributed by atoms with Crippen LogP contribution in [0.2, 0.25) is 0 Å². The van der Waals surface area contributed by atoms with Crippen molar-refractivity contribution >= 4 is 27.3 Å². The van der Waals surface area contributed by atoms with Gasteiger partial charge < -0.3 is 4.90 Å². The quantitative estimate of drug-likeness (QED) is 0.906. The number of hydrogen-bond acceptors (Lipinski definition) is 3. The zero-order valence-corrected chi connectivity index (χ0v) is 14.3. The molecule has 1 aliphatic rings. The molecule has 0 saturated heterocycles. The van der Waals surface area contributed by atoms with Crippen LogP contribution < -0.4 is 9.62 Å². The van der Waals surface area contributed by atoms with Gasteiger partial charge in [-0.15, -0.1) is 0 Å². The standard InChI is InChI=1S/C18H20N2O3S/c1-14(21)20-11-9-16-7-8-17(13-18(16)20)19-24(22,23)12-10-15-5-3-2-4-6-15/h2-8,13,19H,9-12H2,1H3. The maximum Gasteiger partial charge on any atom is 0.233 e. The summed E-state index contributed by atoms with van der Waals surface area (Å²) in [7, 11) is -3.44. The van der Waals surface area contributed by atoms with Crippen molar-refractivity contribution in [2.75, 3.05) is 21.9 Å². The predicted molar refractivity (Wildman–Crippen MR) is 95.7 cm³/mol. The Morgan fingerprint density at radius 1 is 1.17 bits per heavy atom. The first-order chi connectivity index (χ1) is 11.4. The van der Waals surface area contributed by atoms with Crippen LogP contribution in [0.3, 0.4) is 0 Å². The molecule has 1 aliphatic heterocycles. The third kappa shape index (κ3) is 3.76. The van der Waals surface area contributed by atoms with Crippen molar-refractivity contribution in [1.82, 2.24) is 0 Å². The van der Waals surface area contributed by atoms with Gasteiger partial charge in [0, 0.05) is 19.2 Å². The molecule has 126 valence electrons. The molecule has 6 heteroatoms. The second-order valence-corrected chi connectivity index (χ2v) is 7.76. The van der Waals surface area contributed by atoms with Crippen LogP contribution in [-0.2, 0) is 27.7 Å². The minimum absolute atomic E-state index is 0.0184. The summed E-state index contributed by atoms with van der Waals surface area (Å²) in [6, 6.07) is 14.9. The third-order valence-corrected chi connectivity index (χ3v) is 5.42. The summed E-state index contributed by atoms with van der Waals surface area (Å²) < 4.78 is 27.2.